The molecule has 1 aromatic carbocycles. The summed E-state index contributed by atoms with van der Waals surface area (Å²) in [6.45, 7) is 3.70. The average Bonchev–Trinajstić information content (AvgIpc) is 3.18. The van der Waals surface area contributed by atoms with E-state index in [9.17, 15) is 5.11 Å². The Morgan fingerprint density at radius 1 is 1.36 bits per heavy atom. The molecule has 1 N–H and O–H groups in total. The molecule has 5 nitrogen and oxygen atoms in total. The minimum absolute atomic E-state index is 0.203. The summed E-state index contributed by atoms with van der Waals surface area (Å²) >= 11 is 0. The summed E-state index contributed by atoms with van der Waals surface area (Å²) in [5.41, 5.74) is 2.83. The first-order valence-corrected chi connectivity index (χ1v) is 8.06. The minimum atomic E-state index is 0.203. The number of fused-ring (bicyclic) bond motifs is 1. The van der Waals surface area contributed by atoms with Gasteiger partial charge < -0.3 is 9.63 Å². The lowest BCUT2D eigenvalue weighted by Crippen LogP contribution is -2.29. The highest BCUT2D eigenvalue weighted by Gasteiger charge is 2.28. The van der Waals surface area contributed by atoms with Gasteiger partial charge in [0.15, 0.2) is 5.82 Å². The zero-order valence-electron chi connectivity index (χ0n) is 13.0. The number of aromatic nitrogens is 2. The van der Waals surface area contributed by atoms with E-state index >= 15 is 0 Å². The van der Waals surface area contributed by atoms with Crippen molar-refractivity contribution in [1.82, 2.24) is 15.0 Å². The highest BCUT2D eigenvalue weighted by Crippen LogP contribution is 2.36. The lowest BCUT2D eigenvalue weighted by atomic mass is 10.1. The monoisotopic (exact) mass is 301 g/mol. The lowest BCUT2D eigenvalue weighted by Gasteiger charge is -2.28. The Balaban J connectivity index is 1.78. The van der Waals surface area contributed by atoms with Gasteiger partial charge >= 0.3 is 0 Å². The summed E-state index contributed by atoms with van der Waals surface area (Å²) in [6, 6.07) is 9.00. The van der Waals surface area contributed by atoms with Crippen LogP contribution >= 0.6 is 0 Å². The van der Waals surface area contributed by atoms with Crippen LogP contribution in [0.2, 0.25) is 0 Å². The second kappa shape index (κ2) is 7.03. The molecule has 0 aliphatic heterocycles. The van der Waals surface area contributed by atoms with Gasteiger partial charge in [-0.3, -0.25) is 4.90 Å². The molecule has 1 aromatic heterocycles. The maximum Gasteiger partial charge on any atom is 0.240 e. The van der Waals surface area contributed by atoms with Crippen LogP contribution in [0.25, 0.3) is 0 Å². The summed E-state index contributed by atoms with van der Waals surface area (Å²) in [7, 11) is 0. The average molecular weight is 301 g/mol. The number of benzene rings is 1. The lowest BCUT2D eigenvalue weighted by molar-refractivity contribution is 0.148. The molecule has 0 radical (unpaired) electrons. The molecule has 0 fully saturated rings. The quantitative estimate of drug-likeness (QED) is 0.851. The van der Waals surface area contributed by atoms with E-state index < -0.39 is 0 Å². The second-order valence-corrected chi connectivity index (χ2v) is 5.76. The second-order valence-electron chi connectivity index (χ2n) is 5.76. The smallest absolute Gasteiger partial charge is 0.240 e. The van der Waals surface area contributed by atoms with Gasteiger partial charge in [0, 0.05) is 25.6 Å². The molecule has 118 valence electrons. The van der Waals surface area contributed by atoms with Crippen molar-refractivity contribution in [2.24, 2.45) is 0 Å². The predicted octanol–water partition coefficient (Wildman–Crippen LogP) is 2.50. The van der Waals surface area contributed by atoms with E-state index in [-0.39, 0.29) is 6.61 Å². The summed E-state index contributed by atoms with van der Waals surface area (Å²) in [6.07, 6.45) is 3.76. The molecule has 0 spiro atoms. The highest BCUT2D eigenvalue weighted by molar-refractivity contribution is 5.34. The van der Waals surface area contributed by atoms with Crippen LogP contribution in [0.3, 0.4) is 0 Å². The van der Waals surface area contributed by atoms with Crippen molar-refractivity contribution < 1.29 is 9.63 Å². The molecule has 0 saturated heterocycles. The number of aliphatic hydroxyl groups is 1. The topological polar surface area (TPSA) is 62.4 Å². The molecule has 0 amide bonds. The van der Waals surface area contributed by atoms with Crippen molar-refractivity contribution in [2.75, 3.05) is 13.2 Å². The van der Waals surface area contributed by atoms with Gasteiger partial charge in [0.2, 0.25) is 5.89 Å². The third-order valence-corrected chi connectivity index (χ3v) is 4.31. The number of aliphatic hydroxyl groups excluding tert-OH is 1. The predicted molar refractivity (Wildman–Crippen MR) is 83.3 cm³/mol. The first kappa shape index (κ1) is 15.2. The molecular weight excluding hydrogens is 278 g/mol. The van der Waals surface area contributed by atoms with Crippen molar-refractivity contribution in [2.45, 2.75) is 45.2 Å². The van der Waals surface area contributed by atoms with Crippen LogP contribution in [0.4, 0.5) is 0 Å². The Bertz CT molecular complexity index is 611. The third kappa shape index (κ3) is 3.20. The fourth-order valence-corrected chi connectivity index (χ4v) is 3.20. The maximum absolute atomic E-state index is 9.18. The Kier molecular flexibility index (Phi) is 4.85. The van der Waals surface area contributed by atoms with Crippen molar-refractivity contribution in [1.29, 1.82) is 0 Å². The van der Waals surface area contributed by atoms with Crippen LogP contribution in [-0.4, -0.2) is 33.3 Å². The normalized spacial score (nSPS) is 17.1. The highest BCUT2D eigenvalue weighted by atomic mass is 16.5. The molecule has 1 atom stereocenters. The van der Waals surface area contributed by atoms with E-state index in [1.807, 2.05) is 6.92 Å². The van der Waals surface area contributed by atoms with Crippen LogP contribution in [-0.2, 0) is 19.4 Å². The van der Waals surface area contributed by atoms with Gasteiger partial charge in [-0.2, -0.15) is 4.98 Å². The van der Waals surface area contributed by atoms with E-state index in [0.717, 1.165) is 38.1 Å². The minimum Gasteiger partial charge on any atom is -0.396 e. The number of rotatable bonds is 7. The molecule has 1 aliphatic carbocycles. The fraction of sp³-hybridized carbons (Fsp3) is 0.529. The Morgan fingerprint density at radius 3 is 3.00 bits per heavy atom. The molecule has 5 heteroatoms. The Hall–Kier alpha value is -1.72. The first-order valence-electron chi connectivity index (χ1n) is 8.06. The van der Waals surface area contributed by atoms with Crippen LogP contribution in [0.15, 0.2) is 28.8 Å². The fourth-order valence-electron chi connectivity index (χ4n) is 3.20. The van der Waals surface area contributed by atoms with Gasteiger partial charge in [-0.1, -0.05) is 36.3 Å². The van der Waals surface area contributed by atoms with Gasteiger partial charge in [0.05, 0.1) is 6.54 Å². The van der Waals surface area contributed by atoms with E-state index in [2.05, 4.69) is 39.3 Å². The standard InChI is InChI=1S/C17H23N3O2/c1-2-16-18-17(22-19-16)12-20(10-5-11-21)15-9-8-13-6-3-4-7-14(13)15/h3-4,6-7,15,21H,2,5,8-12H2,1H3. The van der Waals surface area contributed by atoms with Gasteiger partial charge in [0.1, 0.15) is 0 Å². The van der Waals surface area contributed by atoms with Crippen molar-refractivity contribution >= 4 is 0 Å². The van der Waals surface area contributed by atoms with E-state index in [0.29, 0.717) is 18.5 Å². The molecule has 1 unspecified atom stereocenters. The summed E-state index contributed by atoms with van der Waals surface area (Å²) in [5, 5.41) is 13.2. The number of hydrogen-bond acceptors (Lipinski definition) is 5. The van der Waals surface area contributed by atoms with E-state index in [1.54, 1.807) is 0 Å². The zero-order chi connectivity index (χ0) is 15.4. The van der Waals surface area contributed by atoms with Gasteiger partial charge in [-0.15, -0.1) is 0 Å². The summed E-state index contributed by atoms with van der Waals surface area (Å²) in [5.74, 6) is 1.42. The van der Waals surface area contributed by atoms with Gasteiger partial charge in [0.25, 0.3) is 0 Å². The zero-order valence-corrected chi connectivity index (χ0v) is 13.0. The largest absolute Gasteiger partial charge is 0.396 e. The maximum atomic E-state index is 9.18. The number of hydrogen-bond donors (Lipinski definition) is 1. The molecule has 1 heterocycles. The van der Waals surface area contributed by atoms with Gasteiger partial charge in [-0.25, -0.2) is 0 Å². The van der Waals surface area contributed by atoms with Crippen LogP contribution in [0.5, 0.6) is 0 Å². The van der Waals surface area contributed by atoms with E-state index in [4.69, 9.17) is 4.52 Å². The molecule has 22 heavy (non-hydrogen) atoms. The van der Waals surface area contributed by atoms with Gasteiger partial charge in [-0.05, 0) is 30.4 Å². The number of nitrogens with zero attached hydrogens (tertiary/aromatic N) is 3. The van der Waals surface area contributed by atoms with Crippen molar-refractivity contribution in [3.05, 3.63) is 47.1 Å². The number of aryl methyl sites for hydroxylation is 2. The SMILES string of the molecule is CCc1noc(CN(CCCO)C2CCc3ccccc32)n1. The molecule has 3 rings (SSSR count). The Morgan fingerprint density at radius 2 is 2.23 bits per heavy atom. The Labute approximate surface area is 131 Å². The molecule has 0 bridgehead atoms. The van der Waals surface area contributed by atoms with Crippen molar-refractivity contribution in [3.63, 3.8) is 0 Å². The summed E-state index contributed by atoms with van der Waals surface area (Å²) < 4.78 is 5.35. The third-order valence-electron chi connectivity index (χ3n) is 4.31. The molecule has 0 saturated carbocycles. The first-order chi connectivity index (χ1) is 10.8. The van der Waals surface area contributed by atoms with E-state index in [1.165, 1.54) is 11.1 Å². The van der Waals surface area contributed by atoms with Crippen LogP contribution in [0, 0.1) is 0 Å². The molecular formula is C17H23N3O2. The molecule has 2 aromatic rings. The van der Waals surface area contributed by atoms with Crippen molar-refractivity contribution in [3.8, 4) is 0 Å². The van der Waals surface area contributed by atoms with Crippen LogP contribution in [0.1, 0.15) is 48.6 Å². The summed E-state index contributed by atoms with van der Waals surface area (Å²) in [4.78, 5) is 6.78. The molecule has 1 aliphatic rings. The van der Waals surface area contributed by atoms with Crippen LogP contribution < -0.4 is 0 Å².